The van der Waals surface area contributed by atoms with Crippen molar-refractivity contribution in [3.05, 3.63) is 30.3 Å². The molecule has 0 fully saturated rings. The van der Waals surface area contributed by atoms with Gasteiger partial charge < -0.3 is 0 Å². The summed E-state index contributed by atoms with van der Waals surface area (Å²) >= 11 is 0. The second-order valence-electron chi connectivity index (χ2n) is 1.86. The molecule has 0 unspecified atom stereocenters. The maximum absolute atomic E-state index is 10.6. The van der Waals surface area contributed by atoms with E-state index in [4.69, 9.17) is 5.14 Å². The summed E-state index contributed by atoms with van der Waals surface area (Å²) < 4.78 is 21.2. The van der Waals surface area contributed by atoms with Gasteiger partial charge in [0.05, 0.1) is 4.90 Å². The predicted octanol–water partition coefficient (Wildman–Crippen LogP) is -0.314. The summed E-state index contributed by atoms with van der Waals surface area (Å²) in [6.45, 7) is 0. The van der Waals surface area contributed by atoms with Crippen molar-refractivity contribution in [3.8, 4) is 0 Å². The molecule has 0 spiro atoms. The van der Waals surface area contributed by atoms with Crippen LogP contribution in [0.15, 0.2) is 35.2 Å². The number of primary sulfonamides is 1. The van der Waals surface area contributed by atoms with E-state index in [1.807, 2.05) is 0 Å². The van der Waals surface area contributed by atoms with E-state index in [9.17, 15) is 8.42 Å². The number of hydrogen-bond acceptors (Lipinski definition) is 2. The zero-order chi connectivity index (χ0) is 7.61. The molecule has 0 aliphatic carbocycles. The van der Waals surface area contributed by atoms with E-state index in [2.05, 4.69) is 0 Å². The molecule has 0 bridgehead atoms. The average Bonchev–Trinajstić information content (AvgIpc) is 1.88. The maximum atomic E-state index is 10.6. The molecule has 0 aliphatic heterocycles. The van der Waals surface area contributed by atoms with Crippen molar-refractivity contribution in [2.45, 2.75) is 4.90 Å². The third-order valence-corrected chi connectivity index (χ3v) is 2.00. The molecule has 0 radical (unpaired) electrons. The fourth-order valence-corrected chi connectivity index (χ4v) is 1.15. The molecule has 1 aromatic carbocycles. The predicted molar refractivity (Wildman–Crippen MR) is 45.0 cm³/mol. The van der Waals surface area contributed by atoms with E-state index in [1.54, 1.807) is 18.2 Å². The quantitative estimate of drug-likeness (QED) is 0.628. The summed E-state index contributed by atoms with van der Waals surface area (Å²) in [4.78, 5) is 0.148. The summed E-state index contributed by atoms with van der Waals surface area (Å²) in [5, 5.41) is 4.83. The fraction of sp³-hybridized carbons (Fsp3) is 0. The van der Waals surface area contributed by atoms with E-state index < -0.39 is 10.0 Å². The van der Waals surface area contributed by atoms with Crippen LogP contribution in [0.2, 0.25) is 0 Å². The van der Waals surface area contributed by atoms with E-state index in [-0.39, 0.29) is 56.3 Å². The van der Waals surface area contributed by atoms with E-state index in [0.29, 0.717) is 0 Å². The number of nitrogens with two attached hydrogens (primary N) is 1. The van der Waals surface area contributed by atoms with Gasteiger partial charge in [-0.3, -0.25) is 0 Å². The average molecular weight is 197 g/mol. The minimum atomic E-state index is -3.50. The zero-order valence-electron chi connectivity index (χ0n) is 5.19. The van der Waals surface area contributed by atoms with Crippen LogP contribution in [0.5, 0.6) is 0 Å². The molecule has 0 aromatic heterocycles. The van der Waals surface area contributed by atoms with Crippen molar-refractivity contribution in [1.29, 1.82) is 0 Å². The summed E-state index contributed by atoms with van der Waals surface area (Å²) in [6, 6.07) is 7.89. The van der Waals surface area contributed by atoms with Gasteiger partial charge in [0.25, 0.3) is 0 Å². The summed E-state index contributed by atoms with van der Waals surface area (Å²) in [5.74, 6) is 0. The van der Waals surface area contributed by atoms with Crippen LogP contribution in [0.25, 0.3) is 0 Å². The van der Waals surface area contributed by atoms with Crippen molar-refractivity contribution in [3.63, 3.8) is 0 Å². The van der Waals surface area contributed by atoms with Gasteiger partial charge in [-0.1, -0.05) is 18.2 Å². The molecule has 0 saturated heterocycles. The number of benzene rings is 1. The van der Waals surface area contributed by atoms with Gasteiger partial charge in [-0.2, -0.15) is 0 Å². The van der Waals surface area contributed by atoms with Crippen molar-refractivity contribution in [1.82, 2.24) is 0 Å². The van der Waals surface area contributed by atoms with Crippen molar-refractivity contribution < 1.29 is 8.42 Å². The number of hydrogen-bond donors (Lipinski definition) is 1. The van der Waals surface area contributed by atoms with Crippen LogP contribution in [0.4, 0.5) is 0 Å². The Bertz CT molecular complexity index is 309. The van der Waals surface area contributed by atoms with Crippen LogP contribution < -0.4 is 5.14 Å². The molecule has 0 amide bonds. The molecule has 0 saturated carbocycles. The molecule has 56 valence electrons. The van der Waals surface area contributed by atoms with Crippen molar-refractivity contribution in [2.75, 3.05) is 0 Å². The van der Waals surface area contributed by atoms with Crippen LogP contribution in [0.3, 0.4) is 0 Å². The van der Waals surface area contributed by atoms with Gasteiger partial charge in [0.1, 0.15) is 0 Å². The van der Waals surface area contributed by atoms with E-state index in [0.717, 1.165) is 0 Å². The molecule has 5 heteroatoms. The summed E-state index contributed by atoms with van der Waals surface area (Å²) in [5.41, 5.74) is 0. The Balaban J connectivity index is 0.000001000. The number of rotatable bonds is 1. The van der Waals surface area contributed by atoms with Gasteiger partial charge in [-0.05, 0) is 12.1 Å². The standard InChI is InChI=1S/C6H7NO2S.K.H/c7-10(8,9)6-4-2-1-3-5-6;;/h1-5H,(H2,7,8,9);;. The fourth-order valence-electron chi connectivity index (χ4n) is 0.610. The van der Waals surface area contributed by atoms with Gasteiger partial charge >= 0.3 is 51.4 Å². The molecule has 11 heavy (non-hydrogen) atoms. The second-order valence-corrected chi connectivity index (χ2v) is 3.42. The van der Waals surface area contributed by atoms with E-state index in [1.165, 1.54) is 12.1 Å². The van der Waals surface area contributed by atoms with Gasteiger partial charge in [-0.25, -0.2) is 13.6 Å². The first-order valence-corrected chi connectivity index (χ1v) is 4.23. The first-order chi connectivity index (χ1) is 4.61. The second kappa shape index (κ2) is 4.71. The molecule has 1 aromatic rings. The Morgan fingerprint density at radius 3 is 1.82 bits per heavy atom. The van der Waals surface area contributed by atoms with Crippen molar-refractivity contribution >= 4 is 61.4 Å². The summed E-state index contributed by atoms with van der Waals surface area (Å²) in [6.07, 6.45) is 0. The molecule has 0 heterocycles. The molecule has 1 rings (SSSR count). The first kappa shape index (κ1) is 11.8. The monoisotopic (exact) mass is 197 g/mol. The van der Waals surface area contributed by atoms with Gasteiger partial charge in [-0.15, -0.1) is 0 Å². The Morgan fingerprint density at radius 1 is 1.09 bits per heavy atom. The normalized spacial score (nSPS) is 10.3. The van der Waals surface area contributed by atoms with Gasteiger partial charge in [0.15, 0.2) is 0 Å². The van der Waals surface area contributed by atoms with E-state index >= 15 is 0 Å². The third kappa shape index (κ3) is 3.79. The first-order valence-electron chi connectivity index (χ1n) is 2.68. The molecule has 2 N–H and O–H groups in total. The topological polar surface area (TPSA) is 60.2 Å². The molecular formula is C6H8KNO2S. The van der Waals surface area contributed by atoms with Gasteiger partial charge in [0, 0.05) is 0 Å². The molecule has 0 aliphatic rings. The van der Waals surface area contributed by atoms with Crippen LogP contribution in [0, 0.1) is 0 Å². The van der Waals surface area contributed by atoms with Crippen LogP contribution in [-0.2, 0) is 10.0 Å². The molecule has 3 nitrogen and oxygen atoms in total. The summed E-state index contributed by atoms with van der Waals surface area (Å²) in [7, 11) is -3.50. The van der Waals surface area contributed by atoms with Crippen LogP contribution in [0.1, 0.15) is 0 Å². The van der Waals surface area contributed by atoms with Crippen LogP contribution >= 0.6 is 0 Å². The Morgan fingerprint density at radius 2 is 1.55 bits per heavy atom. The van der Waals surface area contributed by atoms with Crippen molar-refractivity contribution in [2.24, 2.45) is 5.14 Å². The molecule has 0 atom stereocenters. The minimum absolute atomic E-state index is 0. The zero-order valence-corrected chi connectivity index (χ0v) is 6.01. The Kier molecular flexibility index (Phi) is 5.04. The number of sulfonamides is 1. The Hall–Kier alpha value is 0.766. The Labute approximate surface area is 108 Å². The van der Waals surface area contributed by atoms with Crippen LogP contribution in [-0.4, -0.2) is 59.8 Å². The third-order valence-electron chi connectivity index (χ3n) is 1.07. The SMILES string of the molecule is NS(=O)(=O)c1ccccc1.[KH]. The molecular weight excluding hydrogens is 189 g/mol. The van der Waals surface area contributed by atoms with Gasteiger partial charge in [0.2, 0.25) is 10.0 Å².